The average Bonchev–Trinajstić information content (AvgIpc) is 3.36. The Morgan fingerprint density at radius 2 is 2.23 bits per heavy atom. The van der Waals surface area contributed by atoms with Crippen molar-refractivity contribution in [3.05, 3.63) is 57.9 Å². The summed E-state index contributed by atoms with van der Waals surface area (Å²) in [4.78, 5) is 21.7. The van der Waals surface area contributed by atoms with Crippen LogP contribution in [0.2, 0.25) is 0 Å². The number of imidazole rings is 1. The van der Waals surface area contributed by atoms with E-state index < -0.39 is 6.10 Å². The van der Waals surface area contributed by atoms with Crippen molar-refractivity contribution >= 4 is 17.2 Å². The van der Waals surface area contributed by atoms with Gasteiger partial charge in [0.2, 0.25) is 0 Å². The van der Waals surface area contributed by atoms with Crippen LogP contribution in [0.5, 0.6) is 0 Å². The molecule has 0 radical (unpaired) electrons. The van der Waals surface area contributed by atoms with Gasteiger partial charge in [0.15, 0.2) is 5.01 Å². The van der Waals surface area contributed by atoms with E-state index in [4.69, 9.17) is 0 Å². The van der Waals surface area contributed by atoms with Crippen molar-refractivity contribution in [3.63, 3.8) is 0 Å². The third-order valence-corrected chi connectivity index (χ3v) is 6.60. The molecule has 1 aliphatic heterocycles. The van der Waals surface area contributed by atoms with E-state index in [9.17, 15) is 9.90 Å². The highest BCUT2D eigenvalue weighted by atomic mass is 32.1. The van der Waals surface area contributed by atoms with Crippen molar-refractivity contribution in [2.24, 2.45) is 5.92 Å². The van der Waals surface area contributed by atoms with Gasteiger partial charge in [0.1, 0.15) is 6.10 Å². The van der Waals surface area contributed by atoms with Crippen LogP contribution >= 0.6 is 11.3 Å². The Morgan fingerprint density at radius 3 is 3.08 bits per heavy atom. The Bertz CT molecular complexity index is 1010. The molecule has 1 amide bonds. The largest absolute Gasteiger partial charge is 0.386 e. The number of aryl methyl sites for hydroxylation is 1. The maximum absolute atomic E-state index is 11.9. The predicted molar refractivity (Wildman–Crippen MR) is 98.1 cm³/mol. The minimum Gasteiger partial charge on any atom is -0.386 e. The van der Waals surface area contributed by atoms with Crippen LogP contribution in [0.25, 0.3) is 11.3 Å². The average molecular weight is 366 g/mol. The molecule has 0 unspecified atom stereocenters. The maximum atomic E-state index is 11.9. The van der Waals surface area contributed by atoms with Crippen molar-refractivity contribution < 1.29 is 9.90 Å². The van der Waals surface area contributed by atoms with Crippen LogP contribution in [0, 0.1) is 5.92 Å². The van der Waals surface area contributed by atoms with Crippen molar-refractivity contribution in [1.82, 2.24) is 19.9 Å². The monoisotopic (exact) mass is 366 g/mol. The van der Waals surface area contributed by atoms with E-state index in [-0.39, 0.29) is 17.9 Å². The van der Waals surface area contributed by atoms with Crippen LogP contribution in [0.1, 0.15) is 44.5 Å². The van der Waals surface area contributed by atoms with Gasteiger partial charge in [-0.2, -0.15) is 0 Å². The van der Waals surface area contributed by atoms with E-state index in [1.54, 1.807) is 7.05 Å². The number of rotatable bonds is 2. The van der Waals surface area contributed by atoms with E-state index in [0.717, 1.165) is 23.4 Å². The summed E-state index contributed by atoms with van der Waals surface area (Å²) in [5.41, 5.74) is 4.15. The van der Waals surface area contributed by atoms with Gasteiger partial charge in [0.05, 0.1) is 30.0 Å². The van der Waals surface area contributed by atoms with Gasteiger partial charge in [-0.15, -0.1) is 11.3 Å². The standard InChI is InChI=1S/C19H18N4O2S/c1-20-18(25)19-22-15-14(26-19)7-6-12(17(15)24)16-11-5-3-2-4-10(11)13-8-21-9-23(13)16/h2-5,8-9,12,16-17,24H,6-7H2,1H3,(H,20,25)/t12-,16+,17+/m0/s1. The molecule has 3 atom stereocenters. The molecule has 3 aromatic rings. The second-order valence-corrected chi connectivity index (χ2v) is 7.86. The maximum Gasteiger partial charge on any atom is 0.280 e. The Hall–Kier alpha value is -2.51. The van der Waals surface area contributed by atoms with Gasteiger partial charge < -0.3 is 15.0 Å². The number of aromatic nitrogens is 3. The zero-order chi connectivity index (χ0) is 17.8. The van der Waals surface area contributed by atoms with E-state index in [2.05, 4.69) is 32.0 Å². The number of carbonyl (C=O) groups excluding carboxylic acids is 1. The molecule has 0 saturated carbocycles. The van der Waals surface area contributed by atoms with E-state index in [1.165, 1.54) is 22.5 Å². The molecule has 3 heterocycles. The Morgan fingerprint density at radius 1 is 1.38 bits per heavy atom. The smallest absolute Gasteiger partial charge is 0.280 e. The van der Waals surface area contributed by atoms with Crippen molar-refractivity contribution in [1.29, 1.82) is 0 Å². The lowest BCUT2D eigenvalue weighted by atomic mass is 9.80. The van der Waals surface area contributed by atoms with E-state index >= 15 is 0 Å². The molecule has 2 aliphatic rings. The molecular formula is C19H18N4O2S. The second-order valence-electron chi connectivity index (χ2n) is 6.77. The van der Waals surface area contributed by atoms with Crippen LogP contribution in [0.15, 0.2) is 36.8 Å². The summed E-state index contributed by atoms with van der Waals surface area (Å²) in [5.74, 6) is -0.199. The number of aliphatic hydroxyl groups is 1. The molecule has 0 saturated heterocycles. The summed E-state index contributed by atoms with van der Waals surface area (Å²) in [5, 5.41) is 14.1. The minimum atomic E-state index is -0.695. The van der Waals surface area contributed by atoms with Crippen LogP contribution in [-0.2, 0) is 6.42 Å². The Balaban J connectivity index is 1.56. The first-order valence-corrected chi connectivity index (χ1v) is 9.51. The zero-order valence-corrected chi connectivity index (χ0v) is 15.0. The Labute approximate surface area is 154 Å². The first-order chi connectivity index (χ1) is 12.7. The van der Waals surface area contributed by atoms with Gasteiger partial charge in [-0.1, -0.05) is 24.3 Å². The number of benzene rings is 1. The lowest BCUT2D eigenvalue weighted by Gasteiger charge is -2.33. The predicted octanol–water partition coefficient (Wildman–Crippen LogP) is 2.57. The molecule has 1 aromatic carbocycles. The molecule has 0 spiro atoms. The van der Waals surface area contributed by atoms with Gasteiger partial charge in [-0.05, 0) is 18.4 Å². The van der Waals surface area contributed by atoms with Crippen molar-refractivity contribution in [3.8, 4) is 11.3 Å². The molecule has 2 N–H and O–H groups in total. The molecule has 26 heavy (non-hydrogen) atoms. The van der Waals surface area contributed by atoms with Crippen LogP contribution in [0.4, 0.5) is 0 Å². The normalized spacial score (nSPS) is 23.2. The fourth-order valence-corrected chi connectivity index (χ4v) is 5.34. The number of carbonyl (C=O) groups is 1. The summed E-state index contributed by atoms with van der Waals surface area (Å²) in [6, 6.07) is 8.35. The van der Waals surface area contributed by atoms with Crippen LogP contribution in [0.3, 0.4) is 0 Å². The number of amides is 1. The Kier molecular flexibility index (Phi) is 3.48. The number of hydrogen-bond acceptors (Lipinski definition) is 5. The van der Waals surface area contributed by atoms with Crippen LogP contribution < -0.4 is 5.32 Å². The molecule has 6 nitrogen and oxygen atoms in total. The van der Waals surface area contributed by atoms with Gasteiger partial charge in [-0.25, -0.2) is 9.97 Å². The van der Waals surface area contributed by atoms with Gasteiger partial charge in [-0.3, -0.25) is 4.79 Å². The molecule has 2 aromatic heterocycles. The lowest BCUT2D eigenvalue weighted by Crippen LogP contribution is -2.28. The molecular weight excluding hydrogens is 348 g/mol. The number of thiazole rings is 1. The second kappa shape index (κ2) is 5.75. The molecule has 0 bridgehead atoms. The summed E-state index contributed by atoms with van der Waals surface area (Å²) < 4.78 is 2.16. The van der Waals surface area contributed by atoms with Crippen molar-refractivity contribution in [2.75, 3.05) is 7.05 Å². The van der Waals surface area contributed by atoms with Gasteiger partial charge >= 0.3 is 0 Å². The number of hydrogen-bond donors (Lipinski definition) is 2. The van der Waals surface area contributed by atoms with E-state index in [0.29, 0.717) is 10.7 Å². The molecule has 132 valence electrons. The molecule has 0 fully saturated rings. The number of fused-ring (bicyclic) bond motifs is 4. The van der Waals surface area contributed by atoms with E-state index in [1.807, 2.05) is 24.7 Å². The van der Waals surface area contributed by atoms with Crippen molar-refractivity contribution in [2.45, 2.75) is 25.0 Å². The summed E-state index contributed by atoms with van der Waals surface area (Å²) in [6.07, 6.45) is 4.71. The molecule has 5 rings (SSSR count). The molecule has 7 heteroatoms. The first kappa shape index (κ1) is 15.7. The highest BCUT2D eigenvalue weighted by Gasteiger charge is 2.42. The SMILES string of the molecule is CNC(=O)c1nc2c(s1)CC[C@@H]([C@H]1c3ccccc3-c3cncn31)[C@H]2O. The minimum absolute atomic E-state index is 0.00117. The fourth-order valence-electron chi connectivity index (χ4n) is 4.28. The number of aliphatic hydroxyl groups excluding tert-OH is 1. The quantitative estimate of drug-likeness (QED) is 0.730. The van der Waals surface area contributed by atoms with Gasteiger partial charge in [0, 0.05) is 23.4 Å². The fraction of sp³-hybridized carbons (Fsp3) is 0.316. The highest BCUT2D eigenvalue weighted by molar-refractivity contribution is 7.13. The summed E-state index contributed by atoms with van der Waals surface area (Å²) in [7, 11) is 1.60. The number of nitrogens with zero attached hydrogens (tertiary/aromatic N) is 3. The summed E-state index contributed by atoms with van der Waals surface area (Å²) >= 11 is 1.39. The first-order valence-electron chi connectivity index (χ1n) is 8.70. The van der Waals surface area contributed by atoms with Gasteiger partial charge in [0.25, 0.3) is 5.91 Å². The number of nitrogens with one attached hydrogen (secondary N) is 1. The lowest BCUT2D eigenvalue weighted by molar-refractivity contribution is 0.0690. The highest BCUT2D eigenvalue weighted by Crippen LogP contribution is 2.50. The van der Waals surface area contributed by atoms with Crippen LogP contribution in [-0.4, -0.2) is 32.6 Å². The zero-order valence-electron chi connectivity index (χ0n) is 14.2. The summed E-state index contributed by atoms with van der Waals surface area (Å²) in [6.45, 7) is 0. The molecule has 1 aliphatic carbocycles. The topological polar surface area (TPSA) is 80.0 Å². The third kappa shape index (κ3) is 2.10. The third-order valence-electron chi connectivity index (χ3n) is 5.47.